The number of piperazine rings is 1. The van der Waals surface area contributed by atoms with Crippen LogP contribution in [0.4, 0.5) is 0 Å². The summed E-state index contributed by atoms with van der Waals surface area (Å²) in [5.74, 6) is 0.0985. The zero-order valence-corrected chi connectivity index (χ0v) is 17.8. The molecular formula is C21H29Cl2N3O2. The molecule has 1 unspecified atom stereocenters. The first-order valence-corrected chi connectivity index (χ1v) is 11.0. The summed E-state index contributed by atoms with van der Waals surface area (Å²) in [7, 11) is 0. The van der Waals surface area contributed by atoms with Crippen LogP contribution in [0.3, 0.4) is 0 Å². The second-order valence-corrected chi connectivity index (χ2v) is 9.42. The van der Waals surface area contributed by atoms with E-state index in [1.165, 1.54) is 0 Å². The van der Waals surface area contributed by atoms with Gasteiger partial charge in [-0.15, -0.1) is 0 Å². The molecule has 3 aliphatic rings. The summed E-state index contributed by atoms with van der Waals surface area (Å²) >= 11 is 12.4. The van der Waals surface area contributed by atoms with Crippen molar-refractivity contribution in [2.75, 3.05) is 32.7 Å². The number of carbonyl (C=O) groups excluding carboxylic acids is 1. The lowest BCUT2D eigenvalue weighted by molar-refractivity contribution is -0.128. The number of benzene rings is 1. The Morgan fingerprint density at radius 2 is 2.04 bits per heavy atom. The SMILES string of the molecule is C[C@H]1C(=O)NCCN1CCC(c1ccc(Cl)c(Cl)c1)N1CCC2(CC2)[C@H](O)C1. The van der Waals surface area contributed by atoms with Gasteiger partial charge in [0.2, 0.25) is 5.91 Å². The molecule has 1 saturated carbocycles. The minimum atomic E-state index is -0.258. The lowest BCUT2D eigenvalue weighted by atomic mass is 9.88. The van der Waals surface area contributed by atoms with Crippen LogP contribution in [0.2, 0.25) is 10.0 Å². The molecule has 2 aliphatic heterocycles. The molecule has 1 aromatic carbocycles. The number of amides is 1. The summed E-state index contributed by atoms with van der Waals surface area (Å²) in [4.78, 5) is 16.6. The Hall–Kier alpha value is -0.850. The fourth-order valence-electron chi connectivity index (χ4n) is 4.77. The lowest BCUT2D eigenvalue weighted by Gasteiger charge is -2.42. The highest BCUT2D eigenvalue weighted by atomic mass is 35.5. The molecule has 154 valence electrons. The fourth-order valence-corrected chi connectivity index (χ4v) is 5.08. The number of hydrogen-bond acceptors (Lipinski definition) is 4. The van der Waals surface area contributed by atoms with Crippen molar-refractivity contribution in [3.05, 3.63) is 33.8 Å². The van der Waals surface area contributed by atoms with Gasteiger partial charge in [0.05, 0.1) is 22.2 Å². The normalized spacial score (nSPS) is 28.9. The summed E-state index contributed by atoms with van der Waals surface area (Å²) in [6, 6.07) is 5.89. The van der Waals surface area contributed by atoms with Crippen LogP contribution < -0.4 is 5.32 Å². The summed E-state index contributed by atoms with van der Waals surface area (Å²) < 4.78 is 0. The number of rotatable bonds is 5. The number of likely N-dealkylation sites (tertiary alicyclic amines) is 1. The van der Waals surface area contributed by atoms with Gasteiger partial charge in [0.25, 0.3) is 0 Å². The molecule has 0 aromatic heterocycles. The average molecular weight is 426 g/mol. The number of aliphatic hydroxyl groups excluding tert-OH is 1. The van der Waals surface area contributed by atoms with Crippen LogP contribution in [-0.2, 0) is 4.79 Å². The third kappa shape index (κ3) is 4.05. The van der Waals surface area contributed by atoms with Gasteiger partial charge in [-0.25, -0.2) is 0 Å². The Bertz CT molecular complexity index is 740. The summed E-state index contributed by atoms with van der Waals surface area (Å²) in [6.07, 6.45) is 3.98. The van der Waals surface area contributed by atoms with Crippen molar-refractivity contribution in [2.45, 2.75) is 50.8 Å². The van der Waals surface area contributed by atoms with Gasteiger partial charge in [-0.2, -0.15) is 0 Å². The molecule has 2 heterocycles. The van der Waals surface area contributed by atoms with Crippen molar-refractivity contribution in [3.8, 4) is 0 Å². The van der Waals surface area contributed by atoms with Gasteiger partial charge >= 0.3 is 0 Å². The lowest BCUT2D eigenvalue weighted by Crippen LogP contribution is -2.54. The van der Waals surface area contributed by atoms with Crippen LogP contribution in [0, 0.1) is 5.41 Å². The molecule has 3 fully saturated rings. The van der Waals surface area contributed by atoms with Crippen molar-refractivity contribution in [1.29, 1.82) is 0 Å². The summed E-state index contributed by atoms with van der Waals surface area (Å²) in [6.45, 7) is 6.04. The van der Waals surface area contributed by atoms with Crippen LogP contribution in [0.1, 0.15) is 44.2 Å². The van der Waals surface area contributed by atoms with E-state index in [2.05, 4.69) is 15.1 Å². The predicted molar refractivity (Wildman–Crippen MR) is 112 cm³/mol. The van der Waals surface area contributed by atoms with Crippen molar-refractivity contribution in [1.82, 2.24) is 15.1 Å². The number of nitrogens with one attached hydrogen (secondary N) is 1. The van der Waals surface area contributed by atoms with Gasteiger partial charge in [-0.05, 0) is 62.3 Å². The van der Waals surface area contributed by atoms with Gasteiger partial charge in [-0.1, -0.05) is 29.3 Å². The maximum Gasteiger partial charge on any atom is 0.237 e. The topological polar surface area (TPSA) is 55.8 Å². The molecule has 7 heteroatoms. The highest BCUT2D eigenvalue weighted by Crippen LogP contribution is 2.54. The minimum Gasteiger partial charge on any atom is -0.391 e. The largest absolute Gasteiger partial charge is 0.391 e. The van der Waals surface area contributed by atoms with Crippen LogP contribution >= 0.6 is 23.2 Å². The Morgan fingerprint density at radius 3 is 2.71 bits per heavy atom. The Morgan fingerprint density at radius 1 is 1.25 bits per heavy atom. The zero-order valence-electron chi connectivity index (χ0n) is 16.3. The quantitative estimate of drug-likeness (QED) is 0.760. The first-order valence-electron chi connectivity index (χ1n) is 10.3. The van der Waals surface area contributed by atoms with E-state index in [0.717, 1.165) is 50.9 Å². The first kappa shape index (κ1) is 20.4. The molecule has 1 amide bonds. The van der Waals surface area contributed by atoms with E-state index < -0.39 is 0 Å². The fraction of sp³-hybridized carbons (Fsp3) is 0.667. The minimum absolute atomic E-state index is 0.0985. The number of aliphatic hydroxyl groups is 1. The summed E-state index contributed by atoms with van der Waals surface area (Å²) in [5.41, 5.74) is 1.31. The Kier molecular flexibility index (Phi) is 5.92. The van der Waals surface area contributed by atoms with Gasteiger partial charge in [0.1, 0.15) is 0 Å². The van der Waals surface area contributed by atoms with Crippen LogP contribution in [-0.4, -0.2) is 65.7 Å². The van der Waals surface area contributed by atoms with E-state index in [0.29, 0.717) is 23.1 Å². The molecule has 1 aromatic rings. The maximum atomic E-state index is 12.0. The number of nitrogens with zero attached hydrogens (tertiary/aromatic N) is 2. The molecule has 1 spiro atoms. The maximum absolute atomic E-state index is 12.0. The first-order chi connectivity index (χ1) is 13.4. The highest BCUT2D eigenvalue weighted by molar-refractivity contribution is 6.42. The third-order valence-corrected chi connectivity index (χ3v) is 7.73. The van der Waals surface area contributed by atoms with E-state index >= 15 is 0 Å². The Balaban J connectivity index is 1.51. The second kappa shape index (κ2) is 8.11. The Labute approximate surface area is 177 Å². The molecule has 5 nitrogen and oxygen atoms in total. The van der Waals surface area contributed by atoms with Crippen molar-refractivity contribution >= 4 is 29.1 Å². The van der Waals surface area contributed by atoms with Crippen molar-refractivity contribution < 1.29 is 9.90 Å². The molecule has 4 rings (SSSR count). The van der Waals surface area contributed by atoms with Gasteiger partial charge in [0, 0.05) is 32.2 Å². The van der Waals surface area contributed by atoms with Crippen molar-refractivity contribution in [3.63, 3.8) is 0 Å². The summed E-state index contributed by atoms with van der Waals surface area (Å²) in [5, 5.41) is 14.7. The van der Waals surface area contributed by atoms with E-state index in [-0.39, 0.29) is 29.5 Å². The number of hydrogen-bond donors (Lipinski definition) is 2. The molecule has 28 heavy (non-hydrogen) atoms. The molecule has 2 saturated heterocycles. The number of carbonyl (C=O) groups is 1. The second-order valence-electron chi connectivity index (χ2n) is 8.60. The predicted octanol–water partition coefficient (Wildman–Crippen LogP) is 3.09. The van der Waals surface area contributed by atoms with E-state index in [1.807, 2.05) is 25.1 Å². The zero-order chi connectivity index (χ0) is 19.9. The van der Waals surface area contributed by atoms with Gasteiger partial charge in [0.15, 0.2) is 0 Å². The highest BCUT2D eigenvalue weighted by Gasteiger charge is 2.51. The smallest absolute Gasteiger partial charge is 0.237 e. The van der Waals surface area contributed by atoms with E-state index in [1.54, 1.807) is 0 Å². The number of halogens is 2. The van der Waals surface area contributed by atoms with E-state index in [9.17, 15) is 9.90 Å². The molecule has 3 atom stereocenters. The van der Waals surface area contributed by atoms with Crippen molar-refractivity contribution in [2.24, 2.45) is 5.41 Å². The molecule has 0 bridgehead atoms. The number of piperidine rings is 1. The average Bonchev–Trinajstić information content (AvgIpc) is 3.45. The van der Waals surface area contributed by atoms with Crippen LogP contribution in [0.25, 0.3) is 0 Å². The molecule has 1 aliphatic carbocycles. The number of β-amino-alcohol motifs (C(OH)–C–C–N with tert-alkyl or cyclic N) is 1. The van der Waals surface area contributed by atoms with Gasteiger partial charge in [-0.3, -0.25) is 14.6 Å². The third-order valence-electron chi connectivity index (χ3n) is 6.99. The van der Waals surface area contributed by atoms with Gasteiger partial charge < -0.3 is 10.4 Å². The van der Waals surface area contributed by atoms with Crippen LogP contribution in [0.5, 0.6) is 0 Å². The van der Waals surface area contributed by atoms with Crippen LogP contribution in [0.15, 0.2) is 18.2 Å². The standard InChI is InChI=1S/C21H29Cl2N3O2/c1-14-20(28)24-8-11-25(14)9-4-18(15-2-3-16(22)17(23)12-15)26-10-7-21(5-6-21)19(27)13-26/h2-3,12,14,18-19,27H,4-11,13H2,1H3,(H,24,28)/t14-,18?,19+/m0/s1. The van der Waals surface area contributed by atoms with E-state index in [4.69, 9.17) is 23.2 Å². The molecular weight excluding hydrogens is 397 g/mol. The molecule has 0 radical (unpaired) electrons. The molecule has 2 N–H and O–H groups in total. The monoisotopic (exact) mass is 425 g/mol.